The minimum atomic E-state index is -0.296. The molecule has 7 nitrogen and oxygen atoms in total. The third kappa shape index (κ3) is 5.19. The van der Waals surface area contributed by atoms with Crippen molar-refractivity contribution >= 4 is 23.4 Å². The summed E-state index contributed by atoms with van der Waals surface area (Å²) >= 11 is 0. The van der Waals surface area contributed by atoms with Gasteiger partial charge in [-0.3, -0.25) is 19.3 Å². The first-order valence-electron chi connectivity index (χ1n) is 10.9. The van der Waals surface area contributed by atoms with Crippen LogP contribution in [-0.4, -0.2) is 85.8 Å². The Morgan fingerprint density at radius 3 is 2.60 bits per heavy atom. The van der Waals surface area contributed by atoms with Gasteiger partial charge in [-0.1, -0.05) is 26.0 Å². The molecule has 0 radical (unpaired) electrons. The maximum Gasteiger partial charge on any atom is 0.236 e. The molecule has 2 aliphatic heterocycles. The van der Waals surface area contributed by atoms with Crippen LogP contribution in [0.4, 0.5) is 5.69 Å². The van der Waals surface area contributed by atoms with Crippen molar-refractivity contribution in [3.8, 4) is 0 Å². The van der Waals surface area contributed by atoms with E-state index in [1.165, 1.54) is 5.56 Å². The quantitative estimate of drug-likeness (QED) is 0.737. The number of amides is 3. The number of likely N-dealkylation sites (N-methyl/N-ethyl adjacent to an activating group) is 1. The van der Waals surface area contributed by atoms with Gasteiger partial charge >= 0.3 is 0 Å². The smallest absolute Gasteiger partial charge is 0.236 e. The zero-order valence-electron chi connectivity index (χ0n) is 18.6. The summed E-state index contributed by atoms with van der Waals surface area (Å²) in [7, 11) is 3.52. The Kier molecular flexibility index (Phi) is 7.13. The van der Waals surface area contributed by atoms with E-state index in [4.69, 9.17) is 0 Å². The summed E-state index contributed by atoms with van der Waals surface area (Å²) in [5.41, 5.74) is 2.07. The Morgan fingerprint density at radius 2 is 1.90 bits per heavy atom. The van der Waals surface area contributed by atoms with Gasteiger partial charge < -0.3 is 14.7 Å². The maximum atomic E-state index is 13.1. The summed E-state index contributed by atoms with van der Waals surface area (Å²) in [6.45, 7) is 7.87. The highest BCUT2D eigenvalue weighted by atomic mass is 16.2. The van der Waals surface area contributed by atoms with E-state index in [-0.39, 0.29) is 30.1 Å². The summed E-state index contributed by atoms with van der Waals surface area (Å²) in [5, 5.41) is 0. The van der Waals surface area contributed by atoms with Crippen LogP contribution in [0.5, 0.6) is 0 Å². The predicted molar refractivity (Wildman–Crippen MR) is 117 cm³/mol. The zero-order valence-corrected chi connectivity index (χ0v) is 18.6. The number of anilines is 1. The van der Waals surface area contributed by atoms with Crippen LogP contribution >= 0.6 is 0 Å². The van der Waals surface area contributed by atoms with E-state index in [1.54, 1.807) is 23.9 Å². The lowest BCUT2D eigenvalue weighted by Gasteiger charge is -2.25. The standard InChI is InChI=1S/C23H34N4O3/c1-17(2)18-7-5-8-20(13-18)27-15-19(14-21(27)28)23(30)26-10-6-9-25(11-12-26)16-22(29)24(3)4/h5,7-8,13,17,19H,6,9-12,14-16H2,1-4H3. The van der Waals surface area contributed by atoms with Gasteiger partial charge in [-0.2, -0.15) is 0 Å². The van der Waals surface area contributed by atoms with Crippen molar-refractivity contribution in [2.45, 2.75) is 32.6 Å². The normalized spacial score (nSPS) is 20.6. The van der Waals surface area contributed by atoms with Crippen LogP contribution in [0.2, 0.25) is 0 Å². The van der Waals surface area contributed by atoms with Gasteiger partial charge in [0.05, 0.1) is 12.5 Å². The second kappa shape index (κ2) is 9.60. The molecule has 0 saturated carbocycles. The number of rotatable bonds is 5. The van der Waals surface area contributed by atoms with Crippen LogP contribution in [0.3, 0.4) is 0 Å². The van der Waals surface area contributed by atoms with Crippen LogP contribution < -0.4 is 4.90 Å². The molecule has 1 atom stereocenters. The van der Waals surface area contributed by atoms with E-state index in [1.807, 2.05) is 17.0 Å². The molecule has 0 bridgehead atoms. The molecule has 2 fully saturated rings. The van der Waals surface area contributed by atoms with Crippen molar-refractivity contribution in [1.29, 1.82) is 0 Å². The maximum absolute atomic E-state index is 13.1. The van der Waals surface area contributed by atoms with E-state index < -0.39 is 0 Å². The molecule has 7 heteroatoms. The highest BCUT2D eigenvalue weighted by Crippen LogP contribution is 2.29. The fraction of sp³-hybridized carbons (Fsp3) is 0.609. The van der Waals surface area contributed by atoms with Crippen LogP contribution in [0.15, 0.2) is 24.3 Å². The van der Waals surface area contributed by atoms with Crippen molar-refractivity contribution < 1.29 is 14.4 Å². The molecule has 3 rings (SSSR count). The lowest BCUT2D eigenvalue weighted by molar-refractivity contribution is -0.135. The Hall–Kier alpha value is -2.41. The Morgan fingerprint density at radius 1 is 1.13 bits per heavy atom. The molecule has 1 unspecified atom stereocenters. The van der Waals surface area contributed by atoms with Crippen molar-refractivity contribution in [3.05, 3.63) is 29.8 Å². The SMILES string of the molecule is CC(C)c1cccc(N2CC(C(=O)N3CCCN(CC(=O)N(C)C)CC3)CC2=O)c1. The minimum Gasteiger partial charge on any atom is -0.348 e. The number of carbonyl (C=O) groups excluding carboxylic acids is 3. The number of nitrogens with zero attached hydrogens (tertiary/aromatic N) is 4. The molecule has 1 aromatic carbocycles. The van der Waals surface area contributed by atoms with Gasteiger partial charge in [0.1, 0.15) is 0 Å². The fourth-order valence-electron chi connectivity index (χ4n) is 4.11. The molecule has 2 heterocycles. The molecule has 0 spiro atoms. The first-order chi connectivity index (χ1) is 14.3. The highest BCUT2D eigenvalue weighted by molar-refractivity contribution is 6.00. The Labute approximate surface area is 179 Å². The Bertz CT molecular complexity index is 792. The van der Waals surface area contributed by atoms with Gasteiger partial charge in [0, 0.05) is 58.9 Å². The number of carbonyl (C=O) groups is 3. The number of benzene rings is 1. The molecule has 0 N–H and O–H groups in total. The third-order valence-corrected chi connectivity index (χ3v) is 6.08. The summed E-state index contributed by atoms with van der Waals surface area (Å²) < 4.78 is 0. The first kappa shape index (κ1) is 22.3. The van der Waals surface area contributed by atoms with Gasteiger partial charge in [0.2, 0.25) is 17.7 Å². The van der Waals surface area contributed by atoms with Crippen molar-refractivity contribution in [3.63, 3.8) is 0 Å². The average molecular weight is 415 g/mol. The molecule has 30 heavy (non-hydrogen) atoms. The second-order valence-corrected chi connectivity index (χ2v) is 8.90. The molecular formula is C23H34N4O3. The summed E-state index contributed by atoms with van der Waals surface area (Å²) in [6, 6.07) is 8.05. The second-order valence-electron chi connectivity index (χ2n) is 8.90. The molecule has 164 valence electrons. The van der Waals surface area contributed by atoms with Gasteiger partial charge in [0.25, 0.3) is 0 Å². The summed E-state index contributed by atoms with van der Waals surface area (Å²) in [5.74, 6) is 0.249. The zero-order chi connectivity index (χ0) is 21.8. The van der Waals surface area contributed by atoms with Gasteiger partial charge in [-0.25, -0.2) is 0 Å². The number of hydrogen-bond acceptors (Lipinski definition) is 4. The van der Waals surface area contributed by atoms with Gasteiger partial charge in [0.15, 0.2) is 0 Å². The lowest BCUT2D eigenvalue weighted by atomic mass is 10.0. The Balaban J connectivity index is 1.60. The monoisotopic (exact) mass is 414 g/mol. The van der Waals surface area contributed by atoms with Crippen LogP contribution in [0.1, 0.15) is 38.2 Å². The van der Waals surface area contributed by atoms with Crippen LogP contribution in [0, 0.1) is 5.92 Å². The third-order valence-electron chi connectivity index (χ3n) is 6.08. The largest absolute Gasteiger partial charge is 0.348 e. The molecule has 2 aliphatic rings. The van der Waals surface area contributed by atoms with Crippen molar-refractivity contribution in [1.82, 2.24) is 14.7 Å². The van der Waals surface area contributed by atoms with E-state index in [0.717, 1.165) is 18.7 Å². The van der Waals surface area contributed by atoms with Crippen LogP contribution in [-0.2, 0) is 14.4 Å². The van der Waals surface area contributed by atoms with Gasteiger partial charge in [-0.05, 0) is 30.0 Å². The molecule has 1 aromatic rings. The molecular weight excluding hydrogens is 380 g/mol. The predicted octanol–water partition coefficient (Wildman–Crippen LogP) is 1.79. The highest BCUT2D eigenvalue weighted by Gasteiger charge is 2.37. The summed E-state index contributed by atoms with van der Waals surface area (Å²) in [4.78, 5) is 45.1. The number of hydrogen-bond donors (Lipinski definition) is 0. The summed E-state index contributed by atoms with van der Waals surface area (Å²) in [6.07, 6.45) is 1.11. The van der Waals surface area contributed by atoms with E-state index in [0.29, 0.717) is 38.6 Å². The molecule has 0 aliphatic carbocycles. The lowest BCUT2D eigenvalue weighted by Crippen LogP contribution is -2.41. The van der Waals surface area contributed by atoms with Gasteiger partial charge in [-0.15, -0.1) is 0 Å². The van der Waals surface area contributed by atoms with Crippen molar-refractivity contribution in [2.24, 2.45) is 5.92 Å². The van der Waals surface area contributed by atoms with Crippen LogP contribution in [0.25, 0.3) is 0 Å². The average Bonchev–Trinajstić information content (AvgIpc) is 2.95. The minimum absolute atomic E-state index is 0.0160. The first-order valence-corrected chi connectivity index (χ1v) is 10.9. The molecule has 3 amide bonds. The van der Waals surface area contributed by atoms with E-state index in [2.05, 4.69) is 30.9 Å². The van der Waals surface area contributed by atoms with E-state index >= 15 is 0 Å². The topological polar surface area (TPSA) is 64.2 Å². The molecule has 2 saturated heterocycles. The fourth-order valence-corrected chi connectivity index (χ4v) is 4.11. The molecule has 0 aromatic heterocycles. The van der Waals surface area contributed by atoms with E-state index in [9.17, 15) is 14.4 Å². The van der Waals surface area contributed by atoms with Crippen molar-refractivity contribution in [2.75, 3.05) is 58.3 Å².